The number of Topliss-reactive ketones (excluding diaryl/α,β-unsaturated/α-hetero) is 1. The van der Waals surface area contributed by atoms with E-state index in [-0.39, 0.29) is 41.5 Å². The number of allylic oxidation sites excluding steroid dienone is 4. The summed E-state index contributed by atoms with van der Waals surface area (Å²) in [5, 5.41) is 19.8. The van der Waals surface area contributed by atoms with Crippen LogP contribution < -0.4 is 16.0 Å². The third-order valence-electron chi connectivity index (χ3n) is 6.91. The summed E-state index contributed by atoms with van der Waals surface area (Å²) >= 11 is 0. The molecule has 2 aliphatic rings. The minimum Gasteiger partial charge on any atom is -0.390 e. The standard InChI is InChI=1S/C30H44N3O6/c1-18-13-21(4)28(35)26(39-7)16-19(2)15-23-27(32-12-11-31-5)25(34)17-24(29(23)36)33-30(37)20(3)9-8-10-22(14-18)38-6/h8-10,13-14,17,19,21-22,26,28,31-32,35H,11-12,15-16H2,1-7H3,(H,33,37)/b10-8+,18-13+,20-9-/t19-,21+,22-,26+,28-/m1/s1. The van der Waals surface area contributed by atoms with Gasteiger partial charge in [-0.25, -0.2) is 0 Å². The van der Waals surface area contributed by atoms with Gasteiger partial charge in [0.2, 0.25) is 11.6 Å². The van der Waals surface area contributed by atoms with Crippen molar-refractivity contribution in [2.45, 2.75) is 58.8 Å². The van der Waals surface area contributed by atoms with Gasteiger partial charge in [0, 0.05) is 56.9 Å². The number of aliphatic hydroxyl groups excluding tert-OH is 1. The van der Waals surface area contributed by atoms with Gasteiger partial charge in [0.15, 0.2) is 0 Å². The van der Waals surface area contributed by atoms with Crippen LogP contribution in [0.3, 0.4) is 0 Å². The predicted molar refractivity (Wildman–Crippen MR) is 151 cm³/mol. The molecular formula is C30H44N3O6. The van der Waals surface area contributed by atoms with Crippen molar-refractivity contribution < 1.29 is 29.0 Å². The van der Waals surface area contributed by atoms with Crippen LogP contribution in [0.4, 0.5) is 0 Å². The van der Waals surface area contributed by atoms with Crippen molar-refractivity contribution in [3.8, 4) is 0 Å². The average Bonchev–Trinajstić information content (AvgIpc) is 2.89. The third-order valence-corrected chi connectivity index (χ3v) is 6.91. The largest absolute Gasteiger partial charge is 0.390 e. The Hall–Kier alpha value is -2.85. The molecule has 2 rings (SSSR count). The lowest BCUT2D eigenvalue weighted by Crippen LogP contribution is -2.38. The van der Waals surface area contributed by atoms with Gasteiger partial charge in [-0.05, 0) is 39.7 Å². The van der Waals surface area contributed by atoms with E-state index >= 15 is 0 Å². The number of likely N-dealkylation sites (N-methyl/N-ethyl adjacent to an activating group) is 1. The molecule has 215 valence electrons. The van der Waals surface area contributed by atoms with E-state index in [1.165, 1.54) is 6.08 Å². The first-order chi connectivity index (χ1) is 18.5. The van der Waals surface area contributed by atoms with E-state index in [2.05, 4.69) is 16.0 Å². The second-order valence-electron chi connectivity index (χ2n) is 10.3. The number of rotatable bonds is 6. The molecule has 1 heterocycles. The summed E-state index contributed by atoms with van der Waals surface area (Å²) < 4.78 is 11.2. The summed E-state index contributed by atoms with van der Waals surface area (Å²) in [6, 6.07) is 0. The van der Waals surface area contributed by atoms with Gasteiger partial charge in [-0.1, -0.05) is 43.7 Å². The molecule has 1 aliphatic carbocycles. The van der Waals surface area contributed by atoms with Gasteiger partial charge in [-0.2, -0.15) is 0 Å². The van der Waals surface area contributed by atoms with E-state index in [9.17, 15) is 19.5 Å². The molecule has 1 aliphatic heterocycles. The molecule has 4 N–H and O–H groups in total. The molecule has 1 amide bonds. The van der Waals surface area contributed by atoms with Gasteiger partial charge in [0.1, 0.15) is 0 Å². The van der Waals surface area contributed by atoms with Crippen molar-refractivity contribution in [1.82, 2.24) is 16.0 Å². The number of ketones is 2. The summed E-state index contributed by atoms with van der Waals surface area (Å²) in [7, 11) is 4.94. The molecule has 5 atom stereocenters. The Labute approximate surface area is 232 Å². The first-order valence-electron chi connectivity index (χ1n) is 13.4. The summed E-state index contributed by atoms with van der Waals surface area (Å²) in [6.07, 6.45) is 9.31. The maximum Gasteiger partial charge on any atom is 0.251 e. The third kappa shape index (κ3) is 9.39. The van der Waals surface area contributed by atoms with Crippen LogP contribution in [0.25, 0.3) is 0 Å². The molecule has 0 saturated carbocycles. The minimum atomic E-state index is -0.786. The number of carbonyl (C=O) groups excluding carboxylic acids is 3. The highest BCUT2D eigenvalue weighted by atomic mass is 16.5. The van der Waals surface area contributed by atoms with Crippen LogP contribution in [-0.4, -0.2) is 75.2 Å². The molecule has 0 saturated heterocycles. The fraction of sp³-hybridized carbons (Fsp3) is 0.533. The quantitative estimate of drug-likeness (QED) is 0.298. The molecular weight excluding hydrogens is 498 g/mol. The molecule has 0 spiro atoms. The van der Waals surface area contributed by atoms with Crippen LogP contribution in [0.5, 0.6) is 0 Å². The molecule has 1 radical (unpaired) electrons. The predicted octanol–water partition coefficient (Wildman–Crippen LogP) is 2.31. The number of ether oxygens (including phenoxy) is 2. The fourth-order valence-electron chi connectivity index (χ4n) is 4.67. The van der Waals surface area contributed by atoms with Gasteiger partial charge < -0.3 is 30.5 Å². The van der Waals surface area contributed by atoms with E-state index in [1.807, 2.05) is 33.3 Å². The number of hydrogen-bond acceptors (Lipinski definition) is 8. The smallest absolute Gasteiger partial charge is 0.251 e. The second kappa shape index (κ2) is 15.7. The highest BCUT2D eigenvalue weighted by Crippen LogP contribution is 2.28. The average molecular weight is 543 g/mol. The topological polar surface area (TPSA) is 126 Å². The molecule has 2 bridgehead atoms. The van der Waals surface area contributed by atoms with Gasteiger partial charge >= 0.3 is 0 Å². The molecule has 0 fully saturated rings. The molecule has 39 heavy (non-hydrogen) atoms. The summed E-state index contributed by atoms with van der Waals surface area (Å²) in [5.41, 5.74) is 1.80. The monoisotopic (exact) mass is 542 g/mol. The molecule has 0 aromatic heterocycles. The van der Waals surface area contributed by atoms with Crippen molar-refractivity contribution in [2.75, 3.05) is 34.4 Å². The van der Waals surface area contributed by atoms with Gasteiger partial charge in [0.05, 0.1) is 29.7 Å². The van der Waals surface area contributed by atoms with Gasteiger partial charge in [-0.3, -0.25) is 14.4 Å². The highest BCUT2D eigenvalue weighted by Gasteiger charge is 2.32. The van der Waals surface area contributed by atoms with E-state index in [4.69, 9.17) is 9.47 Å². The lowest BCUT2D eigenvalue weighted by molar-refractivity contribution is -0.120. The summed E-state index contributed by atoms with van der Waals surface area (Å²) in [5.74, 6) is -1.57. The lowest BCUT2D eigenvalue weighted by Gasteiger charge is -2.29. The maximum atomic E-state index is 13.5. The minimum absolute atomic E-state index is 0.0547. The Morgan fingerprint density at radius 2 is 1.82 bits per heavy atom. The number of methoxy groups -OCH3 is 2. The molecule has 0 unspecified atom stereocenters. The van der Waals surface area contributed by atoms with E-state index in [1.54, 1.807) is 46.4 Å². The zero-order valence-corrected chi connectivity index (χ0v) is 24.2. The molecule has 9 nitrogen and oxygen atoms in total. The van der Waals surface area contributed by atoms with Crippen molar-refractivity contribution >= 4 is 17.5 Å². The summed E-state index contributed by atoms with van der Waals surface area (Å²) in [6.45, 7) is 8.50. The zero-order valence-electron chi connectivity index (χ0n) is 24.2. The van der Waals surface area contributed by atoms with Crippen LogP contribution in [-0.2, 0) is 23.9 Å². The van der Waals surface area contributed by atoms with Crippen LogP contribution in [0.1, 0.15) is 40.5 Å². The summed E-state index contributed by atoms with van der Waals surface area (Å²) in [4.78, 5) is 39.5. The fourth-order valence-corrected chi connectivity index (χ4v) is 4.67. The Balaban J connectivity index is 2.51. The lowest BCUT2D eigenvalue weighted by atomic mass is 9.85. The Morgan fingerprint density at radius 1 is 1.10 bits per heavy atom. The Kier molecular flexibility index (Phi) is 13.0. The SMILES string of the molecule is CNCCNC1=C2C[C@@H](C)C[C@H](OC)[C@H](O)[C@@H](C)/C=C(\C)[CH][C@H](OC)/C=C/C=C(/C)C(=O)NC(=CC1=O)C2=O. The number of fused-ring (bicyclic) bond motifs is 2. The molecule has 0 aromatic carbocycles. The van der Waals surface area contributed by atoms with Crippen LogP contribution >= 0.6 is 0 Å². The normalized spacial score (nSPS) is 31.5. The Morgan fingerprint density at radius 3 is 2.46 bits per heavy atom. The van der Waals surface area contributed by atoms with Crippen molar-refractivity contribution in [3.05, 3.63) is 64.9 Å². The van der Waals surface area contributed by atoms with Crippen molar-refractivity contribution in [3.63, 3.8) is 0 Å². The van der Waals surface area contributed by atoms with Crippen LogP contribution in [0.15, 0.2) is 58.5 Å². The number of amides is 1. The first kappa shape index (κ1) is 32.4. The van der Waals surface area contributed by atoms with E-state index in [0.29, 0.717) is 30.7 Å². The maximum absolute atomic E-state index is 13.5. The Bertz CT molecular complexity index is 1050. The van der Waals surface area contributed by atoms with Crippen molar-refractivity contribution in [1.29, 1.82) is 0 Å². The van der Waals surface area contributed by atoms with Crippen LogP contribution in [0.2, 0.25) is 0 Å². The molecule has 0 aromatic rings. The number of carbonyl (C=O) groups is 3. The molecule has 9 heteroatoms. The first-order valence-corrected chi connectivity index (χ1v) is 13.4. The van der Waals surface area contributed by atoms with E-state index in [0.717, 1.165) is 5.57 Å². The van der Waals surface area contributed by atoms with Crippen LogP contribution in [0, 0.1) is 18.3 Å². The number of hydrogen-bond donors (Lipinski definition) is 4. The zero-order chi connectivity index (χ0) is 29.1. The number of nitrogens with one attached hydrogen (secondary N) is 3. The van der Waals surface area contributed by atoms with Gasteiger partial charge in [-0.15, -0.1) is 0 Å². The number of aliphatic hydroxyl groups is 1. The van der Waals surface area contributed by atoms with E-state index < -0.39 is 23.9 Å². The second-order valence-corrected chi connectivity index (χ2v) is 10.3. The van der Waals surface area contributed by atoms with Crippen molar-refractivity contribution in [2.24, 2.45) is 11.8 Å². The highest BCUT2D eigenvalue weighted by molar-refractivity contribution is 6.23. The van der Waals surface area contributed by atoms with Gasteiger partial charge in [0.25, 0.3) is 5.91 Å².